The summed E-state index contributed by atoms with van der Waals surface area (Å²) >= 11 is 6.12. The summed E-state index contributed by atoms with van der Waals surface area (Å²) in [6, 6.07) is -0.651. The van der Waals surface area contributed by atoms with Gasteiger partial charge in [-0.2, -0.15) is 9.97 Å². The zero-order chi connectivity index (χ0) is 26.9. The van der Waals surface area contributed by atoms with E-state index in [1.54, 1.807) is 13.8 Å². The third-order valence-electron chi connectivity index (χ3n) is 6.95. The van der Waals surface area contributed by atoms with Gasteiger partial charge in [0.1, 0.15) is 6.04 Å². The second-order valence-corrected chi connectivity index (χ2v) is 11.2. The van der Waals surface area contributed by atoms with Crippen LogP contribution in [0.3, 0.4) is 0 Å². The summed E-state index contributed by atoms with van der Waals surface area (Å²) in [6.45, 7) is 4.80. The van der Waals surface area contributed by atoms with Crippen molar-refractivity contribution in [3.8, 4) is 0 Å². The number of ether oxygens (including phenoxy) is 2. The van der Waals surface area contributed by atoms with Crippen LogP contribution in [0.5, 0.6) is 0 Å². The third kappa shape index (κ3) is 4.14. The molecule has 1 aliphatic heterocycles. The standard InChI is InChI=1S/C21H29ClFN7O6P/c1-9(2)34-17(31)10(3)28-37(33)36-18-20(7-22)21(18,32)13(23)16(35-20)30-8-25-12-14(29(4)11-5-6-11)26-19(24)27-15(12)30/h8-11,13,16,18,32H,5-7H2,1-4H3,(H,28,33)(H2,24,26,27)/q+1/t10-,13-,16+,18?,20+,21+/m0/s1. The highest BCUT2D eigenvalue weighted by molar-refractivity contribution is 7.36. The molecule has 3 aliphatic rings. The van der Waals surface area contributed by atoms with Crippen molar-refractivity contribution in [2.45, 2.75) is 81.5 Å². The topological polar surface area (TPSA) is 167 Å². The molecule has 7 atom stereocenters. The highest BCUT2D eigenvalue weighted by Gasteiger charge is 2.91. The van der Waals surface area contributed by atoms with Gasteiger partial charge in [-0.25, -0.2) is 9.37 Å². The number of aliphatic hydroxyl groups is 1. The number of nitrogens with two attached hydrogens (primary N) is 1. The van der Waals surface area contributed by atoms with Crippen LogP contribution < -0.4 is 15.7 Å². The molecule has 2 unspecified atom stereocenters. The molecule has 0 aromatic carbocycles. The minimum absolute atomic E-state index is 0.0181. The lowest BCUT2D eigenvalue weighted by Gasteiger charge is -2.22. The maximum Gasteiger partial charge on any atom is 0.614 e. The number of aromatic nitrogens is 4. The van der Waals surface area contributed by atoms with Gasteiger partial charge in [-0.05, 0) is 38.2 Å². The average Bonchev–Trinajstić information content (AvgIpc) is 3.69. The Hall–Kier alpha value is -2.22. The first-order valence-electron chi connectivity index (χ1n) is 11.9. The monoisotopic (exact) mass is 560 g/mol. The molecule has 2 saturated carbocycles. The molecule has 3 heterocycles. The van der Waals surface area contributed by atoms with E-state index in [-0.39, 0.29) is 23.6 Å². The molecule has 0 amide bonds. The van der Waals surface area contributed by atoms with Crippen molar-refractivity contribution in [1.82, 2.24) is 24.6 Å². The zero-order valence-corrected chi connectivity index (χ0v) is 22.3. The molecular weight excluding hydrogens is 532 g/mol. The number of anilines is 2. The molecule has 1 saturated heterocycles. The van der Waals surface area contributed by atoms with Crippen molar-refractivity contribution in [3.63, 3.8) is 0 Å². The zero-order valence-electron chi connectivity index (χ0n) is 20.7. The number of imidazole rings is 1. The van der Waals surface area contributed by atoms with E-state index in [1.165, 1.54) is 17.8 Å². The highest BCUT2D eigenvalue weighted by Crippen LogP contribution is 2.67. The maximum absolute atomic E-state index is 15.8. The molecule has 3 fully saturated rings. The largest absolute Gasteiger partial charge is 0.614 e. The second-order valence-electron chi connectivity index (χ2n) is 9.91. The second kappa shape index (κ2) is 9.21. The number of alkyl halides is 2. The summed E-state index contributed by atoms with van der Waals surface area (Å²) < 4.78 is 46.1. The number of esters is 1. The number of carbonyl (C=O) groups excluding carboxylic acids is 1. The number of hydrogen-bond donors (Lipinski definition) is 3. The van der Waals surface area contributed by atoms with Crippen molar-refractivity contribution in [1.29, 1.82) is 0 Å². The van der Waals surface area contributed by atoms with E-state index in [0.717, 1.165) is 12.8 Å². The first-order valence-corrected chi connectivity index (χ1v) is 13.6. The van der Waals surface area contributed by atoms with Gasteiger partial charge >= 0.3 is 14.1 Å². The number of nitrogens with one attached hydrogen (secondary N) is 1. The Bertz CT molecular complexity index is 1250. The lowest BCUT2D eigenvalue weighted by Crippen LogP contribution is -2.35. The molecule has 37 heavy (non-hydrogen) atoms. The quantitative estimate of drug-likeness (QED) is 0.218. The molecule has 0 radical (unpaired) electrons. The van der Waals surface area contributed by atoms with Gasteiger partial charge in [0.2, 0.25) is 5.95 Å². The molecule has 2 aliphatic carbocycles. The fraction of sp³-hybridized carbons (Fsp3) is 0.714. The Morgan fingerprint density at radius 3 is 2.76 bits per heavy atom. The van der Waals surface area contributed by atoms with Gasteiger partial charge in [-0.15, -0.1) is 16.1 Å². The van der Waals surface area contributed by atoms with Gasteiger partial charge in [0.15, 0.2) is 46.7 Å². The summed E-state index contributed by atoms with van der Waals surface area (Å²) in [5, 5.41) is 13.7. The van der Waals surface area contributed by atoms with Crippen LogP contribution in [0.15, 0.2) is 6.33 Å². The number of carbonyl (C=O) groups is 1. The first kappa shape index (κ1) is 26.4. The number of nitrogens with zero attached hydrogens (tertiary/aromatic N) is 5. The lowest BCUT2D eigenvalue weighted by molar-refractivity contribution is -0.149. The number of hydrogen-bond acceptors (Lipinski definition) is 11. The van der Waals surface area contributed by atoms with Gasteiger partial charge in [0.05, 0.1) is 18.3 Å². The number of halogens is 2. The normalized spacial score (nSPS) is 31.9. The van der Waals surface area contributed by atoms with Crippen molar-refractivity contribution >= 4 is 48.7 Å². The van der Waals surface area contributed by atoms with Gasteiger partial charge in [0.25, 0.3) is 0 Å². The predicted molar refractivity (Wildman–Crippen MR) is 131 cm³/mol. The smallest absolute Gasteiger partial charge is 0.462 e. The van der Waals surface area contributed by atoms with E-state index in [1.807, 2.05) is 11.9 Å². The van der Waals surface area contributed by atoms with E-state index in [0.29, 0.717) is 17.4 Å². The fourth-order valence-electron chi connectivity index (χ4n) is 4.73. The predicted octanol–water partition coefficient (Wildman–Crippen LogP) is 1.57. The molecule has 5 rings (SSSR count). The summed E-state index contributed by atoms with van der Waals surface area (Å²) in [6.07, 6.45) is -1.73. The van der Waals surface area contributed by atoms with Crippen LogP contribution in [0.2, 0.25) is 0 Å². The van der Waals surface area contributed by atoms with Crippen molar-refractivity contribution in [2.75, 3.05) is 23.6 Å². The van der Waals surface area contributed by atoms with E-state index in [2.05, 4.69) is 20.0 Å². The Morgan fingerprint density at radius 1 is 1.46 bits per heavy atom. The molecule has 2 aromatic heterocycles. The molecule has 4 N–H and O–H groups in total. The number of rotatable bonds is 10. The molecule has 0 spiro atoms. The van der Waals surface area contributed by atoms with Crippen molar-refractivity contribution in [3.05, 3.63) is 6.33 Å². The molecule has 202 valence electrons. The van der Waals surface area contributed by atoms with Crippen molar-refractivity contribution in [2.24, 2.45) is 0 Å². The highest BCUT2D eigenvalue weighted by atomic mass is 35.5. The molecule has 13 nitrogen and oxygen atoms in total. The van der Waals surface area contributed by atoms with E-state index < -0.39 is 49.9 Å². The molecular formula is C21H29ClFN7O6P+. The SMILES string of the molecule is CC(C)OC(=O)[C@H](C)N[P+](=O)OC1[C@@]2(CCl)O[C@@H](n3cnc4c(N(C)C5CC5)nc(N)nc43)[C@H](F)[C@@]12O. The van der Waals surface area contributed by atoms with Crippen LogP contribution in [-0.4, -0.2) is 85.2 Å². The van der Waals surface area contributed by atoms with Crippen LogP contribution in [0.25, 0.3) is 11.2 Å². The summed E-state index contributed by atoms with van der Waals surface area (Å²) in [4.78, 5) is 26.8. The summed E-state index contributed by atoms with van der Waals surface area (Å²) in [5.41, 5.74) is 2.70. The molecule has 0 bridgehead atoms. The fourth-order valence-corrected chi connectivity index (χ4v) is 6.16. The van der Waals surface area contributed by atoms with Gasteiger partial charge in [0, 0.05) is 13.1 Å². The Labute approximate surface area is 217 Å². The van der Waals surface area contributed by atoms with Crippen LogP contribution in [0, 0.1) is 0 Å². The Morgan fingerprint density at radius 2 is 2.16 bits per heavy atom. The summed E-state index contributed by atoms with van der Waals surface area (Å²) in [5.74, 6) is -0.486. The van der Waals surface area contributed by atoms with E-state index >= 15 is 4.39 Å². The van der Waals surface area contributed by atoms with Crippen molar-refractivity contribution < 1.29 is 32.9 Å². The lowest BCUT2D eigenvalue weighted by atomic mass is 10.1. The first-order chi connectivity index (χ1) is 17.4. The van der Waals surface area contributed by atoms with Crippen LogP contribution in [0.1, 0.15) is 39.8 Å². The number of fused-ring (bicyclic) bond motifs is 2. The van der Waals surface area contributed by atoms with Gasteiger partial charge < -0.3 is 25.2 Å². The van der Waals surface area contributed by atoms with Gasteiger partial charge in [-0.3, -0.25) is 9.36 Å². The summed E-state index contributed by atoms with van der Waals surface area (Å²) in [7, 11) is -0.822. The minimum Gasteiger partial charge on any atom is -0.462 e. The van der Waals surface area contributed by atoms with Gasteiger partial charge in [-0.1, -0.05) is 5.09 Å². The van der Waals surface area contributed by atoms with E-state index in [4.69, 9.17) is 31.3 Å². The van der Waals surface area contributed by atoms with Crippen LogP contribution >= 0.6 is 19.8 Å². The third-order valence-corrected chi connectivity index (χ3v) is 8.34. The number of nitrogen functional groups attached to an aromatic ring is 1. The molecule has 2 aromatic rings. The van der Waals surface area contributed by atoms with Crippen LogP contribution in [-0.2, 0) is 23.4 Å². The maximum atomic E-state index is 15.8. The Kier molecular flexibility index (Phi) is 6.57. The Balaban J connectivity index is 1.35. The minimum atomic E-state index is -2.70. The molecule has 16 heteroatoms. The van der Waals surface area contributed by atoms with Crippen LogP contribution in [0.4, 0.5) is 16.2 Å². The van der Waals surface area contributed by atoms with E-state index in [9.17, 15) is 14.5 Å². The average molecular weight is 561 g/mol.